The predicted molar refractivity (Wildman–Crippen MR) is 79.9 cm³/mol. The summed E-state index contributed by atoms with van der Waals surface area (Å²) >= 11 is 3.34. The van der Waals surface area contributed by atoms with Crippen LogP contribution in [-0.2, 0) is 14.3 Å². The van der Waals surface area contributed by atoms with Gasteiger partial charge in [-0.2, -0.15) is 0 Å². The number of pyridine rings is 1. The second kappa shape index (κ2) is 8.21. The summed E-state index contributed by atoms with van der Waals surface area (Å²) in [6, 6.07) is 1.12. The van der Waals surface area contributed by atoms with Crippen molar-refractivity contribution in [3.63, 3.8) is 0 Å². The van der Waals surface area contributed by atoms with Crippen LogP contribution in [0.25, 0.3) is 0 Å². The molecule has 0 aliphatic heterocycles. The molecule has 112 valence electrons. The quantitative estimate of drug-likeness (QED) is 0.562. The zero-order chi connectivity index (χ0) is 15.1. The van der Waals surface area contributed by atoms with Gasteiger partial charge >= 0.3 is 5.97 Å². The van der Waals surface area contributed by atoms with E-state index in [-0.39, 0.29) is 12.2 Å². The second-order valence-electron chi connectivity index (χ2n) is 4.34. The molecule has 0 spiro atoms. The molecule has 1 aromatic rings. The Kier molecular flexibility index (Phi) is 6.95. The molecule has 0 bridgehead atoms. The predicted octanol–water partition coefficient (Wildman–Crippen LogP) is 2.45. The molecule has 0 amide bonds. The Labute approximate surface area is 127 Å². The Morgan fingerprint density at radius 2 is 2.10 bits per heavy atom. The molecule has 1 atom stereocenters. The molecule has 0 aliphatic carbocycles. The maximum Gasteiger partial charge on any atom is 0.329 e. The van der Waals surface area contributed by atoms with Crippen molar-refractivity contribution in [2.24, 2.45) is 0 Å². The van der Waals surface area contributed by atoms with E-state index in [9.17, 15) is 9.59 Å². The molecule has 0 aromatic carbocycles. The first-order chi connectivity index (χ1) is 9.51. The molecule has 0 saturated carbocycles. The Bertz CT molecular complexity index is 512. The van der Waals surface area contributed by atoms with Crippen LogP contribution < -0.4 is 5.56 Å². The van der Waals surface area contributed by atoms with Crippen LogP contribution in [0.4, 0.5) is 0 Å². The summed E-state index contributed by atoms with van der Waals surface area (Å²) in [4.78, 5) is 24.2. The van der Waals surface area contributed by atoms with Gasteiger partial charge in [0.15, 0.2) is 0 Å². The highest BCUT2D eigenvalue weighted by molar-refractivity contribution is 9.10. The monoisotopic (exact) mass is 345 g/mol. The van der Waals surface area contributed by atoms with Crippen molar-refractivity contribution in [1.82, 2.24) is 4.57 Å². The minimum Gasteiger partial charge on any atom is -0.462 e. The summed E-state index contributed by atoms with van der Waals surface area (Å²) in [5.41, 5.74) is 0.404. The van der Waals surface area contributed by atoms with Gasteiger partial charge in [0.2, 0.25) is 0 Å². The number of hydrogen-bond donors (Lipinski definition) is 0. The van der Waals surface area contributed by atoms with Crippen molar-refractivity contribution in [2.75, 3.05) is 19.8 Å². The number of halogens is 1. The summed E-state index contributed by atoms with van der Waals surface area (Å²) in [5.74, 6) is -0.410. The standard InChI is InChI=1S/C14H20BrNO4/c1-4-12(14(18)20-7-6-19-5-2)16-9-11(15)8-10(3)13(16)17/h8-9,12H,4-7H2,1-3H3. The summed E-state index contributed by atoms with van der Waals surface area (Å²) in [7, 11) is 0. The van der Waals surface area contributed by atoms with Gasteiger partial charge in [0.25, 0.3) is 5.56 Å². The molecule has 1 aromatic heterocycles. The van der Waals surface area contributed by atoms with Gasteiger partial charge in [-0.25, -0.2) is 4.79 Å². The SMILES string of the molecule is CCOCCOC(=O)C(CC)n1cc(Br)cc(C)c1=O. The Hall–Kier alpha value is -1.14. The molecule has 0 saturated heterocycles. The molecular weight excluding hydrogens is 326 g/mol. The lowest BCUT2D eigenvalue weighted by Crippen LogP contribution is -2.32. The average molecular weight is 346 g/mol. The maximum atomic E-state index is 12.1. The molecular formula is C14H20BrNO4. The number of aromatic nitrogens is 1. The molecule has 0 fully saturated rings. The van der Waals surface area contributed by atoms with Crippen LogP contribution in [0.1, 0.15) is 31.9 Å². The largest absolute Gasteiger partial charge is 0.462 e. The van der Waals surface area contributed by atoms with E-state index in [2.05, 4.69) is 15.9 Å². The van der Waals surface area contributed by atoms with Crippen LogP contribution in [0.3, 0.4) is 0 Å². The highest BCUT2D eigenvalue weighted by Gasteiger charge is 2.21. The third kappa shape index (κ3) is 4.45. The van der Waals surface area contributed by atoms with E-state index in [0.717, 1.165) is 4.47 Å². The first-order valence-corrected chi connectivity index (χ1v) is 7.43. The smallest absolute Gasteiger partial charge is 0.329 e. The first-order valence-electron chi connectivity index (χ1n) is 6.63. The average Bonchev–Trinajstić information content (AvgIpc) is 2.41. The topological polar surface area (TPSA) is 57.5 Å². The molecule has 5 nitrogen and oxygen atoms in total. The van der Waals surface area contributed by atoms with E-state index in [4.69, 9.17) is 9.47 Å². The number of ether oxygens (including phenoxy) is 2. The van der Waals surface area contributed by atoms with Crippen LogP contribution in [0, 0.1) is 6.92 Å². The maximum absolute atomic E-state index is 12.1. The van der Waals surface area contributed by atoms with Crippen LogP contribution >= 0.6 is 15.9 Å². The molecule has 1 unspecified atom stereocenters. The van der Waals surface area contributed by atoms with Crippen molar-refractivity contribution in [2.45, 2.75) is 33.2 Å². The Balaban J connectivity index is 2.85. The number of nitrogens with zero attached hydrogens (tertiary/aromatic N) is 1. The lowest BCUT2D eigenvalue weighted by atomic mass is 10.2. The summed E-state index contributed by atoms with van der Waals surface area (Å²) in [6.07, 6.45) is 2.11. The van der Waals surface area contributed by atoms with Gasteiger partial charge in [-0.1, -0.05) is 6.92 Å². The van der Waals surface area contributed by atoms with Crippen LogP contribution in [-0.4, -0.2) is 30.4 Å². The van der Waals surface area contributed by atoms with Gasteiger partial charge in [0, 0.05) is 22.8 Å². The highest BCUT2D eigenvalue weighted by atomic mass is 79.9. The van der Waals surface area contributed by atoms with Crippen molar-refractivity contribution in [3.8, 4) is 0 Å². The Morgan fingerprint density at radius 3 is 2.70 bits per heavy atom. The summed E-state index contributed by atoms with van der Waals surface area (Å²) in [5, 5.41) is 0. The van der Waals surface area contributed by atoms with E-state index in [1.54, 1.807) is 19.2 Å². The van der Waals surface area contributed by atoms with Gasteiger partial charge in [-0.3, -0.25) is 9.36 Å². The van der Waals surface area contributed by atoms with E-state index in [1.807, 2.05) is 13.8 Å². The second-order valence-corrected chi connectivity index (χ2v) is 5.26. The summed E-state index contributed by atoms with van der Waals surface area (Å²) in [6.45, 7) is 6.59. The van der Waals surface area contributed by atoms with Gasteiger partial charge in [0.1, 0.15) is 12.6 Å². The van der Waals surface area contributed by atoms with E-state index in [0.29, 0.717) is 25.2 Å². The lowest BCUT2D eigenvalue weighted by molar-refractivity contribution is -0.149. The number of hydrogen-bond acceptors (Lipinski definition) is 4. The van der Waals surface area contributed by atoms with Crippen LogP contribution in [0.5, 0.6) is 0 Å². The van der Waals surface area contributed by atoms with E-state index in [1.165, 1.54) is 4.57 Å². The summed E-state index contributed by atoms with van der Waals surface area (Å²) < 4.78 is 12.4. The number of esters is 1. The van der Waals surface area contributed by atoms with Gasteiger partial charge in [-0.05, 0) is 42.3 Å². The Morgan fingerprint density at radius 1 is 1.40 bits per heavy atom. The number of carbonyl (C=O) groups is 1. The van der Waals surface area contributed by atoms with Gasteiger partial charge < -0.3 is 9.47 Å². The van der Waals surface area contributed by atoms with Crippen LogP contribution in [0.15, 0.2) is 21.5 Å². The van der Waals surface area contributed by atoms with Crippen molar-refractivity contribution in [1.29, 1.82) is 0 Å². The van der Waals surface area contributed by atoms with Gasteiger partial charge in [0.05, 0.1) is 6.61 Å². The minimum atomic E-state index is -0.611. The zero-order valence-electron chi connectivity index (χ0n) is 12.0. The molecule has 0 N–H and O–H groups in total. The molecule has 6 heteroatoms. The first kappa shape index (κ1) is 16.9. The molecule has 20 heavy (non-hydrogen) atoms. The number of carbonyl (C=O) groups excluding carboxylic acids is 1. The van der Waals surface area contributed by atoms with E-state index >= 15 is 0 Å². The fourth-order valence-electron chi connectivity index (χ4n) is 1.85. The molecule has 1 heterocycles. The van der Waals surface area contributed by atoms with Gasteiger partial charge in [-0.15, -0.1) is 0 Å². The number of aryl methyl sites for hydroxylation is 1. The minimum absolute atomic E-state index is 0.179. The van der Waals surface area contributed by atoms with Crippen molar-refractivity contribution < 1.29 is 14.3 Å². The fourth-order valence-corrected chi connectivity index (χ4v) is 2.42. The number of rotatable bonds is 7. The fraction of sp³-hybridized carbons (Fsp3) is 0.571. The third-order valence-corrected chi connectivity index (χ3v) is 3.29. The molecule has 1 rings (SSSR count). The molecule has 0 radical (unpaired) electrons. The highest BCUT2D eigenvalue weighted by Crippen LogP contribution is 2.16. The third-order valence-electron chi connectivity index (χ3n) is 2.86. The zero-order valence-corrected chi connectivity index (χ0v) is 13.6. The lowest BCUT2D eigenvalue weighted by Gasteiger charge is -2.18. The normalized spacial score (nSPS) is 12.2. The van der Waals surface area contributed by atoms with Crippen LogP contribution in [0.2, 0.25) is 0 Å². The molecule has 0 aliphatic rings. The van der Waals surface area contributed by atoms with Crippen molar-refractivity contribution in [3.05, 3.63) is 32.7 Å². The van der Waals surface area contributed by atoms with E-state index < -0.39 is 12.0 Å². The van der Waals surface area contributed by atoms with Crippen molar-refractivity contribution >= 4 is 21.9 Å².